The molecule has 2 rings (SSSR count). The molecule has 0 unspecified atom stereocenters. The highest BCUT2D eigenvalue weighted by Crippen LogP contribution is 2.22. The molecule has 2 aromatic rings. The van der Waals surface area contributed by atoms with Gasteiger partial charge in [-0.2, -0.15) is 8.78 Å². The molecular formula is C16H12ClF2NO6S. The van der Waals surface area contributed by atoms with Crippen LogP contribution in [0.5, 0.6) is 5.75 Å². The Morgan fingerprint density at radius 1 is 1.15 bits per heavy atom. The summed E-state index contributed by atoms with van der Waals surface area (Å²) >= 11 is 5.71. The smallest absolute Gasteiger partial charge is 0.342 e. The Morgan fingerprint density at radius 3 is 2.37 bits per heavy atom. The van der Waals surface area contributed by atoms with E-state index in [-0.39, 0.29) is 22.0 Å². The third kappa shape index (κ3) is 5.14. The Kier molecular flexibility index (Phi) is 6.34. The SMILES string of the molecule is O=C(COC(=O)c1cc(Cl)ccc1O)Nc1ccc(S(=O)(=O)C(F)F)cc1. The van der Waals surface area contributed by atoms with Gasteiger partial charge in [-0.3, -0.25) is 4.79 Å². The van der Waals surface area contributed by atoms with Crippen LogP contribution in [0.25, 0.3) is 0 Å². The molecule has 0 radical (unpaired) electrons. The van der Waals surface area contributed by atoms with Crippen LogP contribution in [-0.2, 0) is 19.4 Å². The maximum Gasteiger partial charge on any atom is 0.342 e. The lowest BCUT2D eigenvalue weighted by Crippen LogP contribution is -2.21. The standard InChI is InChI=1S/C16H12ClF2NO6S/c17-9-1-6-13(21)12(7-9)15(23)26-8-14(22)20-10-2-4-11(5-3-10)27(24,25)16(18)19/h1-7,16,21H,8H2,(H,20,22). The fraction of sp³-hybridized carbons (Fsp3) is 0.125. The number of phenols is 1. The van der Waals surface area contributed by atoms with Crippen LogP contribution in [0.2, 0.25) is 5.02 Å². The van der Waals surface area contributed by atoms with Crippen LogP contribution in [0.3, 0.4) is 0 Å². The largest absolute Gasteiger partial charge is 0.507 e. The van der Waals surface area contributed by atoms with E-state index in [2.05, 4.69) is 5.32 Å². The van der Waals surface area contributed by atoms with E-state index in [0.29, 0.717) is 0 Å². The van der Waals surface area contributed by atoms with E-state index in [1.807, 2.05) is 0 Å². The van der Waals surface area contributed by atoms with Crippen molar-refractivity contribution in [3.63, 3.8) is 0 Å². The van der Waals surface area contributed by atoms with Crippen molar-refractivity contribution in [3.05, 3.63) is 53.1 Å². The van der Waals surface area contributed by atoms with Gasteiger partial charge in [-0.15, -0.1) is 0 Å². The molecule has 0 spiro atoms. The summed E-state index contributed by atoms with van der Waals surface area (Å²) in [7, 11) is -4.73. The number of sulfone groups is 1. The number of aromatic hydroxyl groups is 1. The van der Waals surface area contributed by atoms with E-state index >= 15 is 0 Å². The number of amides is 1. The Labute approximate surface area is 157 Å². The fourth-order valence-electron chi connectivity index (χ4n) is 1.91. The minimum absolute atomic E-state index is 0.106. The summed E-state index contributed by atoms with van der Waals surface area (Å²) < 4.78 is 52.2. The molecule has 2 aromatic carbocycles. The second-order valence-electron chi connectivity index (χ2n) is 5.12. The Morgan fingerprint density at radius 2 is 1.78 bits per heavy atom. The molecule has 0 aliphatic rings. The number of carbonyl (C=O) groups excluding carboxylic acids is 2. The zero-order chi connectivity index (χ0) is 20.2. The third-order valence-corrected chi connectivity index (χ3v) is 4.85. The number of esters is 1. The molecule has 2 N–H and O–H groups in total. The Hall–Kier alpha value is -2.72. The van der Waals surface area contributed by atoms with Crippen LogP contribution >= 0.6 is 11.6 Å². The summed E-state index contributed by atoms with van der Waals surface area (Å²) in [6, 6.07) is 7.75. The highest BCUT2D eigenvalue weighted by Gasteiger charge is 2.26. The minimum atomic E-state index is -4.73. The number of anilines is 1. The number of carbonyl (C=O) groups is 2. The molecule has 27 heavy (non-hydrogen) atoms. The van der Waals surface area contributed by atoms with E-state index < -0.39 is 39.0 Å². The van der Waals surface area contributed by atoms with E-state index in [4.69, 9.17) is 16.3 Å². The van der Waals surface area contributed by atoms with Crippen LogP contribution < -0.4 is 5.32 Å². The van der Waals surface area contributed by atoms with Gasteiger partial charge in [0, 0.05) is 10.7 Å². The van der Waals surface area contributed by atoms with Crippen molar-refractivity contribution in [3.8, 4) is 5.75 Å². The first-order chi connectivity index (χ1) is 12.6. The average Bonchev–Trinajstić information content (AvgIpc) is 2.62. The molecule has 0 atom stereocenters. The number of nitrogens with one attached hydrogen (secondary N) is 1. The molecule has 0 fully saturated rings. The summed E-state index contributed by atoms with van der Waals surface area (Å²) in [4.78, 5) is 23.0. The highest BCUT2D eigenvalue weighted by molar-refractivity contribution is 7.91. The number of ether oxygens (including phenoxy) is 1. The van der Waals surface area contributed by atoms with Crippen molar-refractivity contribution < 1.29 is 36.6 Å². The molecular weight excluding hydrogens is 408 g/mol. The molecule has 0 aliphatic heterocycles. The van der Waals surface area contributed by atoms with Gasteiger partial charge in [-0.05, 0) is 42.5 Å². The van der Waals surface area contributed by atoms with E-state index in [1.54, 1.807) is 0 Å². The van der Waals surface area contributed by atoms with Crippen LogP contribution in [0.15, 0.2) is 47.4 Å². The van der Waals surface area contributed by atoms with Gasteiger partial charge in [-0.1, -0.05) is 11.6 Å². The topological polar surface area (TPSA) is 110 Å². The van der Waals surface area contributed by atoms with Gasteiger partial charge < -0.3 is 15.2 Å². The summed E-state index contributed by atoms with van der Waals surface area (Å²) in [6.45, 7) is -0.706. The average molecular weight is 420 g/mol. The van der Waals surface area contributed by atoms with Crippen molar-refractivity contribution in [2.45, 2.75) is 10.7 Å². The first kappa shape index (κ1) is 20.6. The van der Waals surface area contributed by atoms with Crippen molar-refractivity contribution in [2.75, 3.05) is 11.9 Å². The predicted molar refractivity (Wildman–Crippen MR) is 91.7 cm³/mol. The number of rotatable bonds is 6. The number of phenolic OH excluding ortho intramolecular Hbond substituents is 1. The van der Waals surface area contributed by atoms with Gasteiger partial charge in [0.05, 0.1) is 4.90 Å². The predicted octanol–water partition coefficient (Wildman–Crippen LogP) is 2.84. The summed E-state index contributed by atoms with van der Waals surface area (Å²) in [5.74, 6) is -5.68. The number of halogens is 3. The lowest BCUT2D eigenvalue weighted by molar-refractivity contribution is -0.119. The fourth-order valence-corrected chi connectivity index (χ4v) is 2.80. The highest BCUT2D eigenvalue weighted by atomic mass is 35.5. The number of hydrogen-bond acceptors (Lipinski definition) is 6. The monoisotopic (exact) mass is 419 g/mol. The maximum atomic E-state index is 12.4. The van der Waals surface area contributed by atoms with Gasteiger partial charge in [0.2, 0.25) is 9.84 Å². The molecule has 0 saturated heterocycles. The molecule has 11 heteroatoms. The molecule has 1 amide bonds. The van der Waals surface area contributed by atoms with Gasteiger partial charge in [-0.25, -0.2) is 13.2 Å². The van der Waals surface area contributed by atoms with Gasteiger partial charge in [0.1, 0.15) is 11.3 Å². The van der Waals surface area contributed by atoms with Gasteiger partial charge >= 0.3 is 11.7 Å². The number of benzene rings is 2. The molecule has 0 heterocycles. The van der Waals surface area contributed by atoms with Crippen molar-refractivity contribution in [2.24, 2.45) is 0 Å². The molecule has 0 bridgehead atoms. The molecule has 144 valence electrons. The molecule has 0 aliphatic carbocycles. The maximum absolute atomic E-state index is 12.4. The van der Waals surface area contributed by atoms with Crippen molar-refractivity contribution >= 4 is 39.0 Å². The molecule has 0 saturated carbocycles. The van der Waals surface area contributed by atoms with Gasteiger partial charge in [0.25, 0.3) is 5.91 Å². The van der Waals surface area contributed by atoms with E-state index in [0.717, 1.165) is 24.3 Å². The quantitative estimate of drug-likeness (QED) is 0.697. The summed E-state index contributed by atoms with van der Waals surface area (Å²) in [5, 5.41) is 12.1. The van der Waals surface area contributed by atoms with Crippen LogP contribution in [0, 0.1) is 0 Å². The first-order valence-corrected chi connectivity index (χ1v) is 9.11. The molecule has 0 aromatic heterocycles. The second kappa shape index (κ2) is 8.31. The third-order valence-electron chi connectivity index (χ3n) is 3.21. The van der Waals surface area contributed by atoms with E-state index in [9.17, 15) is 31.9 Å². The zero-order valence-corrected chi connectivity index (χ0v) is 14.9. The Bertz CT molecular complexity index is 963. The summed E-state index contributed by atoms with van der Waals surface area (Å²) in [6.07, 6.45) is 0. The van der Waals surface area contributed by atoms with Crippen LogP contribution in [0.4, 0.5) is 14.5 Å². The number of hydrogen-bond donors (Lipinski definition) is 2. The van der Waals surface area contributed by atoms with Crippen molar-refractivity contribution in [1.82, 2.24) is 0 Å². The lowest BCUT2D eigenvalue weighted by Gasteiger charge is -2.09. The van der Waals surface area contributed by atoms with Crippen molar-refractivity contribution in [1.29, 1.82) is 0 Å². The molecule has 7 nitrogen and oxygen atoms in total. The summed E-state index contributed by atoms with van der Waals surface area (Å²) in [5.41, 5.74) is -0.119. The number of alkyl halides is 2. The first-order valence-electron chi connectivity index (χ1n) is 7.19. The van der Waals surface area contributed by atoms with E-state index in [1.165, 1.54) is 18.2 Å². The van der Waals surface area contributed by atoms with Crippen LogP contribution in [-0.4, -0.2) is 37.8 Å². The zero-order valence-electron chi connectivity index (χ0n) is 13.4. The normalized spacial score (nSPS) is 11.3. The lowest BCUT2D eigenvalue weighted by atomic mass is 10.2. The second-order valence-corrected chi connectivity index (χ2v) is 7.47. The minimum Gasteiger partial charge on any atom is -0.507 e. The van der Waals surface area contributed by atoms with Crippen LogP contribution in [0.1, 0.15) is 10.4 Å². The Balaban J connectivity index is 1.96. The van der Waals surface area contributed by atoms with Gasteiger partial charge in [0.15, 0.2) is 6.61 Å².